The molecule has 3 aromatic rings. The van der Waals surface area contributed by atoms with Gasteiger partial charge in [-0.3, -0.25) is 4.98 Å². The first kappa shape index (κ1) is 13.8. The number of pyridine rings is 1. The van der Waals surface area contributed by atoms with Crippen molar-refractivity contribution >= 4 is 22.1 Å². The highest BCUT2D eigenvalue weighted by Gasteiger charge is 2.11. The molecule has 0 aliphatic rings. The van der Waals surface area contributed by atoms with Gasteiger partial charge in [0.2, 0.25) is 0 Å². The van der Waals surface area contributed by atoms with E-state index in [2.05, 4.69) is 18.0 Å². The molecule has 0 aliphatic carbocycles. The Labute approximate surface area is 127 Å². The zero-order valence-corrected chi connectivity index (χ0v) is 13.0. The van der Waals surface area contributed by atoms with E-state index in [1.807, 2.05) is 23.6 Å². The van der Waals surface area contributed by atoms with Crippen LogP contribution in [-0.2, 0) is 6.42 Å². The molecule has 2 heterocycles. The maximum atomic E-state index is 5.31. The highest BCUT2D eigenvalue weighted by molar-refractivity contribution is 7.11. The van der Waals surface area contributed by atoms with E-state index in [1.54, 1.807) is 14.2 Å². The van der Waals surface area contributed by atoms with Crippen LogP contribution in [-0.4, -0.2) is 24.2 Å². The lowest BCUT2D eigenvalue weighted by Gasteiger charge is -2.08. The van der Waals surface area contributed by atoms with Crippen LogP contribution in [0, 0.1) is 0 Å². The lowest BCUT2D eigenvalue weighted by atomic mass is 10.1. The Kier molecular flexibility index (Phi) is 3.75. The second-order valence-electron chi connectivity index (χ2n) is 4.60. The SMILES string of the molecule is CCc1nc(-c2csc(OC)n2)cc2cc(OC)ccc12. The molecule has 2 aromatic heterocycles. The zero-order chi connectivity index (χ0) is 14.8. The van der Waals surface area contributed by atoms with Crippen molar-refractivity contribution < 1.29 is 9.47 Å². The van der Waals surface area contributed by atoms with E-state index >= 15 is 0 Å². The second-order valence-corrected chi connectivity index (χ2v) is 5.42. The minimum atomic E-state index is 0.649. The van der Waals surface area contributed by atoms with E-state index in [0.29, 0.717) is 5.19 Å². The molecule has 0 saturated heterocycles. The van der Waals surface area contributed by atoms with Crippen molar-refractivity contribution in [1.29, 1.82) is 0 Å². The molecule has 0 unspecified atom stereocenters. The summed E-state index contributed by atoms with van der Waals surface area (Å²) < 4.78 is 10.5. The summed E-state index contributed by atoms with van der Waals surface area (Å²) >= 11 is 1.47. The molecular weight excluding hydrogens is 284 g/mol. The van der Waals surface area contributed by atoms with E-state index in [9.17, 15) is 0 Å². The van der Waals surface area contributed by atoms with Crippen molar-refractivity contribution in [2.45, 2.75) is 13.3 Å². The topological polar surface area (TPSA) is 44.2 Å². The third-order valence-electron chi connectivity index (χ3n) is 3.37. The molecule has 0 N–H and O–H groups in total. The van der Waals surface area contributed by atoms with Gasteiger partial charge in [-0.25, -0.2) is 4.98 Å². The number of fused-ring (bicyclic) bond motifs is 1. The first-order valence-electron chi connectivity index (χ1n) is 6.72. The lowest BCUT2D eigenvalue weighted by molar-refractivity contribution is 0.412. The van der Waals surface area contributed by atoms with E-state index < -0.39 is 0 Å². The molecule has 0 atom stereocenters. The highest BCUT2D eigenvalue weighted by atomic mass is 32.1. The van der Waals surface area contributed by atoms with Gasteiger partial charge in [0.25, 0.3) is 5.19 Å². The Balaban J connectivity index is 2.18. The molecule has 4 nitrogen and oxygen atoms in total. The van der Waals surface area contributed by atoms with Crippen LogP contribution in [0.4, 0.5) is 0 Å². The van der Waals surface area contributed by atoms with Gasteiger partial charge in [0.05, 0.1) is 19.9 Å². The summed E-state index contributed by atoms with van der Waals surface area (Å²) in [7, 11) is 3.30. The van der Waals surface area contributed by atoms with Gasteiger partial charge in [0.15, 0.2) is 0 Å². The third kappa shape index (κ3) is 2.56. The Bertz CT molecular complexity index is 783. The summed E-state index contributed by atoms with van der Waals surface area (Å²) in [4.78, 5) is 9.17. The van der Waals surface area contributed by atoms with Gasteiger partial charge in [0, 0.05) is 16.5 Å². The molecule has 0 radical (unpaired) electrons. The van der Waals surface area contributed by atoms with Crippen LogP contribution in [0.25, 0.3) is 22.2 Å². The van der Waals surface area contributed by atoms with Crippen molar-refractivity contribution in [2.24, 2.45) is 0 Å². The van der Waals surface area contributed by atoms with E-state index in [-0.39, 0.29) is 0 Å². The number of hydrogen-bond acceptors (Lipinski definition) is 5. The molecule has 0 amide bonds. The van der Waals surface area contributed by atoms with Gasteiger partial charge in [-0.1, -0.05) is 18.3 Å². The van der Waals surface area contributed by atoms with Crippen molar-refractivity contribution in [2.75, 3.05) is 14.2 Å². The van der Waals surface area contributed by atoms with Gasteiger partial charge in [-0.2, -0.15) is 0 Å². The Morgan fingerprint density at radius 1 is 1.05 bits per heavy atom. The van der Waals surface area contributed by atoms with Crippen LogP contribution in [0.2, 0.25) is 0 Å². The minimum absolute atomic E-state index is 0.649. The Morgan fingerprint density at radius 2 is 1.90 bits per heavy atom. The normalized spacial score (nSPS) is 10.8. The molecule has 1 aromatic carbocycles. The van der Waals surface area contributed by atoms with Crippen LogP contribution in [0.5, 0.6) is 10.9 Å². The smallest absolute Gasteiger partial charge is 0.273 e. The highest BCUT2D eigenvalue weighted by Crippen LogP contribution is 2.30. The van der Waals surface area contributed by atoms with E-state index in [4.69, 9.17) is 14.5 Å². The molecular formula is C16H16N2O2S. The molecule has 0 aliphatic heterocycles. The molecule has 0 spiro atoms. The fourth-order valence-electron chi connectivity index (χ4n) is 2.30. The van der Waals surface area contributed by atoms with Gasteiger partial charge in [-0.05, 0) is 36.1 Å². The number of aryl methyl sites for hydroxylation is 1. The van der Waals surface area contributed by atoms with Crippen LogP contribution in [0.3, 0.4) is 0 Å². The van der Waals surface area contributed by atoms with Gasteiger partial charge in [0.1, 0.15) is 11.4 Å². The molecule has 5 heteroatoms. The first-order valence-corrected chi connectivity index (χ1v) is 7.60. The average molecular weight is 300 g/mol. The Morgan fingerprint density at radius 3 is 2.57 bits per heavy atom. The molecule has 3 rings (SSSR count). The number of nitrogens with zero attached hydrogens (tertiary/aromatic N) is 2. The van der Waals surface area contributed by atoms with E-state index in [1.165, 1.54) is 11.3 Å². The number of ether oxygens (including phenoxy) is 2. The van der Waals surface area contributed by atoms with Crippen molar-refractivity contribution in [3.8, 4) is 22.3 Å². The second kappa shape index (κ2) is 5.69. The molecule has 0 fully saturated rings. The summed E-state index contributed by atoms with van der Waals surface area (Å²) in [5.41, 5.74) is 2.78. The zero-order valence-electron chi connectivity index (χ0n) is 12.2. The molecule has 0 saturated carbocycles. The Hall–Kier alpha value is -2.14. The summed E-state index contributed by atoms with van der Waals surface area (Å²) in [6, 6.07) is 8.11. The predicted octanol–water partition coefficient (Wildman–Crippen LogP) is 3.94. The quantitative estimate of drug-likeness (QED) is 0.732. The summed E-state index contributed by atoms with van der Waals surface area (Å²) in [6.45, 7) is 2.11. The van der Waals surface area contributed by atoms with Gasteiger partial charge in [-0.15, -0.1) is 0 Å². The first-order chi connectivity index (χ1) is 10.2. The van der Waals surface area contributed by atoms with Gasteiger partial charge >= 0.3 is 0 Å². The number of thiazole rings is 1. The third-order valence-corrected chi connectivity index (χ3v) is 4.17. The minimum Gasteiger partial charge on any atom is -0.497 e. The number of aromatic nitrogens is 2. The van der Waals surface area contributed by atoms with Crippen LogP contribution < -0.4 is 9.47 Å². The number of hydrogen-bond donors (Lipinski definition) is 0. The van der Waals surface area contributed by atoms with Crippen molar-refractivity contribution in [3.63, 3.8) is 0 Å². The van der Waals surface area contributed by atoms with Gasteiger partial charge < -0.3 is 9.47 Å². The van der Waals surface area contributed by atoms with Crippen LogP contribution in [0.1, 0.15) is 12.6 Å². The predicted molar refractivity (Wildman–Crippen MR) is 85.3 cm³/mol. The maximum Gasteiger partial charge on any atom is 0.273 e. The summed E-state index contributed by atoms with van der Waals surface area (Å²) in [5, 5.41) is 4.88. The van der Waals surface area contributed by atoms with Crippen LogP contribution >= 0.6 is 11.3 Å². The largest absolute Gasteiger partial charge is 0.497 e. The molecule has 108 valence electrons. The average Bonchev–Trinajstić information content (AvgIpc) is 3.02. The fourth-order valence-corrected chi connectivity index (χ4v) is 2.94. The fraction of sp³-hybridized carbons (Fsp3) is 0.250. The van der Waals surface area contributed by atoms with Crippen molar-refractivity contribution in [1.82, 2.24) is 9.97 Å². The number of methoxy groups -OCH3 is 2. The lowest BCUT2D eigenvalue weighted by Crippen LogP contribution is -1.94. The standard InChI is InChI=1S/C16H16N2O2S/c1-4-13-12-6-5-11(19-2)7-10(12)8-14(17-13)15-9-21-16(18-15)20-3/h5-9H,4H2,1-3H3. The van der Waals surface area contributed by atoms with Crippen LogP contribution in [0.15, 0.2) is 29.6 Å². The summed E-state index contributed by atoms with van der Waals surface area (Å²) in [5.74, 6) is 0.845. The maximum absolute atomic E-state index is 5.31. The monoisotopic (exact) mass is 300 g/mol. The van der Waals surface area contributed by atoms with E-state index in [0.717, 1.165) is 40.0 Å². The molecule has 0 bridgehead atoms. The number of benzene rings is 1. The number of rotatable bonds is 4. The molecule has 21 heavy (non-hydrogen) atoms. The summed E-state index contributed by atoms with van der Waals surface area (Å²) in [6.07, 6.45) is 0.873. The van der Waals surface area contributed by atoms with Crippen molar-refractivity contribution in [3.05, 3.63) is 35.3 Å².